The zero-order valence-electron chi connectivity index (χ0n) is 21.1. The molecule has 0 amide bonds. The van der Waals surface area contributed by atoms with Gasteiger partial charge < -0.3 is 14.7 Å². The van der Waals surface area contributed by atoms with E-state index in [2.05, 4.69) is 0 Å². The lowest BCUT2D eigenvalue weighted by Gasteiger charge is -2.26. The fourth-order valence-corrected chi connectivity index (χ4v) is 4.39. The van der Waals surface area contributed by atoms with E-state index in [0.29, 0.717) is 5.69 Å². The Hall–Kier alpha value is -4.61. The Morgan fingerprint density at radius 3 is 1.42 bits per heavy atom. The van der Waals surface area contributed by atoms with Crippen LogP contribution in [0.25, 0.3) is 0 Å². The van der Waals surface area contributed by atoms with Crippen molar-refractivity contribution in [1.29, 1.82) is 0 Å². The molecular weight excluding hydrogens is 474 g/mol. The number of pyridine rings is 1. The summed E-state index contributed by atoms with van der Waals surface area (Å²) in [4.78, 5) is 19.7. The first kappa shape index (κ1) is 25.1. The molecule has 0 radical (unpaired) electrons. The molecular formula is C33H29NO4. The fourth-order valence-electron chi connectivity index (χ4n) is 4.39. The standard InChI is InChI=1S/C33H29NO4/c1-24(35)29-22-30(36)31(37-32(25-14-6-2-7-15-25)26-16-8-3-9-17-26)23-34(29)38-33(27-18-10-4-11-19-27)28-20-12-5-13-21-28/h2-24,32-33,35H,1H3/t24-/m1/s1. The van der Waals surface area contributed by atoms with E-state index in [1.807, 2.05) is 121 Å². The van der Waals surface area contributed by atoms with Gasteiger partial charge in [0.15, 0.2) is 11.9 Å². The number of rotatable bonds is 9. The predicted molar refractivity (Wildman–Crippen MR) is 148 cm³/mol. The molecule has 0 fully saturated rings. The van der Waals surface area contributed by atoms with Crippen molar-refractivity contribution in [3.8, 4) is 5.75 Å². The number of aliphatic hydroxyl groups is 1. The number of hydrogen-bond acceptors (Lipinski definition) is 4. The summed E-state index contributed by atoms with van der Waals surface area (Å²) in [5, 5.41) is 10.5. The first-order valence-corrected chi connectivity index (χ1v) is 12.6. The SMILES string of the molecule is C[C@@H](O)c1cc(=O)c(OC(c2ccccc2)c2ccccc2)cn1OC(c1ccccc1)c1ccccc1. The van der Waals surface area contributed by atoms with E-state index in [0.717, 1.165) is 22.3 Å². The quantitative estimate of drug-likeness (QED) is 0.257. The number of nitrogens with zero attached hydrogens (tertiary/aromatic N) is 1. The molecule has 0 unspecified atom stereocenters. The van der Waals surface area contributed by atoms with Crippen molar-refractivity contribution in [2.75, 3.05) is 0 Å². The topological polar surface area (TPSA) is 60.7 Å². The summed E-state index contributed by atoms with van der Waals surface area (Å²) in [6.45, 7) is 1.60. The van der Waals surface area contributed by atoms with Crippen LogP contribution in [-0.4, -0.2) is 9.84 Å². The highest BCUT2D eigenvalue weighted by molar-refractivity contribution is 5.34. The molecule has 1 aromatic heterocycles. The molecule has 5 heteroatoms. The molecule has 0 aliphatic heterocycles. The van der Waals surface area contributed by atoms with E-state index in [-0.39, 0.29) is 11.2 Å². The minimum atomic E-state index is -0.942. The summed E-state index contributed by atoms with van der Waals surface area (Å²) in [7, 11) is 0. The van der Waals surface area contributed by atoms with E-state index in [1.54, 1.807) is 6.92 Å². The van der Waals surface area contributed by atoms with Crippen molar-refractivity contribution in [2.45, 2.75) is 25.2 Å². The van der Waals surface area contributed by atoms with Gasteiger partial charge in [-0.25, -0.2) is 0 Å². The van der Waals surface area contributed by atoms with Gasteiger partial charge in [-0.1, -0.05) is 121 Å². The summed E-state index contributed by atoms with van der Waals surface area (Å²) < 4.78 is 7.85. The van der Waals surface area contributed by atoms with E-state index >= 15 is 0 Å². The highest BCUT2D eigenvalue weighted by atomic mass is 16.7. The van der Waals surface area contributed by atoms with Gasteiger partial charge >= 0.3 is 0 Å². The summed E-state index contributed by atoms with van der Waals surface area (Å²) in [5.41, 5.74) is 3.68. The first-order valence-electron chi connectivity index (χ1n) is 12.6. The third-order valence-electron chi connectivity index (χ3n) is 6.31. The average molecular weight is 504 g/mol. The molecule has 0 bridgehead atoms. The Bertz CT molecular complexity index is 1420. The molecule has 0 aliphatic carbocycles. The summed E-state index contributed by atoms with van der Waals surface area (Å²) >= 11 is 0. The maximum Gasteiger partial charge on any atom is 0.224 e. The maximum atomic E-state index is 13.2. The van der Waals surface area contributed by atoms with Crippen LogP contribution < -0.4 is 15.0 Å². The third kappa shape index (κ3) is 5.69. The van der Waals surface area contributed by atoms with E-state index in [1.165, 1.54) is 17.0 Å². The lowest BCUT2D eigenvalue weighted by atomic mass is 10.0. The second-order valence-corrected chi connectivity index (χ2v) is 9.05. The van der Waals surface area contributed by atoms with E-state index < -0.39 is 18.3 Å². The van der Waals surface area contributed by atoms with Gasteiger partial charge in [0.25, 0.3) is 0 Å². The van der Waals surface area contributed by atoms with Crippen molar-refractivity contribution in [3.05, 3.63) is 172 Å². The van der Waals surface area contributed by atoms with Crippen LogP contribution in [0.5, 0.6) is 5.75 Å². The molecule has 38 heavy (non-hydrogen) atoms. The maximum absolute atomic E-state index is 13.2. The van der Waals surface area contributed by atoms with E-state index in [9.17, 15) is 9.90 Å². The number of benzene rings is 4. The van der Waals surface area contributed by atoms with Crippen LogP contribution in [0.15, 0.2) is 138 Å². The van der Waals surface area contributed by atoms with Crippen molar-refractivity contribution in [1.82, 2.24) is 4.73 Å². The van der Waals surface area contributed by atoms with Gasteiger partial charge in [-0.3, -0.25) is 4.79 Å². The normalized spacial score (nSPS) is 11.9. The zero-order chi connectivity index (χ0) is 26.3. The van der Waals surface area contributed by atoms with Crippen LogP contribution in [0.1, 0.15) is 53.2 Å². The fraction of sp³-hybridized carbons (Fsp3) is 0.121. The highest BCUT2D eigenvalue weighted by Crippen LogP contribution is 2.29. The van der Waals surface area contributed by atoms with Gasteiger partial charge in [0.2, 0.25) is 5.43 Å². The molecule has 5 nitrogen and oxygen atoms in total. The van der Waals surface area contributed by atoms with Crippen molar-refractivity contribution >= 4 is 0 Å². The van der Waals surface area contributed by atoms with Gasteiger partial charge in [-0.2, -0.15) is 4.73 Å². The third-order valence-corrected chi connectivity index (χ3v) is 6.31. The van der Waals surface area contributed by atoms with Crippen LogP contribution in [0, 0.1) is 0 Å². The molecule has 190 valence electrons. The zero-order valence-corrected chi connectivity index (χ0v) is 21.1. The molecule has 0 saturated heterocycles. The van der Waals surface area contributed by atoms with Crippen LogP contribution in [0.4, 0.5) is 0 Å². The number of aromatic nitrogens is 1. The van der Waals surface area contributed by atoms with Crippen LogP contribution in [0.2, 0.25) is 0 Å². The molecule has 4 aromatic carbocycles. The van der Waals surface area contributed by atoms with Crippen LogP contribution in [-0.2, 0) is 0 Å². The lowest BCUT2D eigenvalue weighted by molar-refractivity contribution is 0.0366. The minimum absolute atomic E-state index is 0.118. The Morgan fingerprint density at radius 1 is 0.632 bits per heavy atom. The average Bonchev–Trinajstić information content (AvgIpc) is 2.97. The van der Waals surface area contributed by atoms with Crippen LogP contribution >= 0.6 is 0 Å². The Morgan fingerprint density at radius 2 is 1.03 bits per heavy atom. The predicted octanol–water partition coefficient (Wildman–Crippen LogP) is 6.29. The van der Waals surface area contributed by atoms with E-state index in [4.69, 9.17) is 9.57 Å². The summed E-state index contributed by atoms with van der Waals surface area (Å²) in [5.74, 6) is 0.118. The second kappa shape index (κ2) is 11.6. The van der Waals surface area contributed by atoms with Gasteiger partial charge in [0, 0.05) is 6.07 Å². The molecule has 0 saturated carbocycles. The molecule has 0 spiro atoms. The number of aliphatic hydroxyl groups excluding tert-OH is 1. The summed E-state index contributed by atoms with van der Waals surface area (Å²) in [6, 6.07) is 40.6. The number of hydrogen-bond donors (Lipinski definition) is 1. The summed E-state index contributed by atoms with van der Waals surface area (Å²) in [6.07, 6.45) is -0.399. The second-order valence-electron chi connectivity index (χ2n) is 9.05. The van der Waals surface area contributed by atoms with Gasteiger partial charge in [-0.05, 0) is 29.2 Å². The Kier molecular flexibility index (Phi) is 7.67. The van der Waals surface area contributed by atoms with Crippen molar-refractivity contribution in [3.63, 3.8) is 0 Å². The molecule has 5 aromatic rings. The highest BCUT2D eigenvalue weighted by Gasteiger charge is 2.22. The minimum Gasteiger partial charge on any atom is -0.475 e. The van der Waals surface area contributed by atoms with Crippen molar-refractivity contribution < 1.29 is 14.7 Å². The number of ether oxygens (including phenoxy) is 1. The smallest absolute Gasteiger partial charge is 0.224 e. The molecule has 0 aliphatic rings. The first-order chi connectivity index (χ1) is 18.6. The largest absolute Gasteiger partial charge is 0.475 e. The van der Waals surface area contributed by atoms with Crippen LogP contribution in [0.3, 0.4) is 0 Å². The van der Waals surface area contributed by atoms with Gasteiger partial charge in [0.05, 0.1) is 18.0 Å². The van der Waals surface area contributed by atoms with Gasteiger partial charge in [0.1, 0.15) is 6.10 Å². The molecule has 1 atom stereocenters. The Labute approximate surface area is 222 Å². The van der Waals surface area contributed by atoms with Crippen molar-refractivity contribution in [2.24, 2.45) is 0 Å². The molecule has 5 rings (SSSR count). The van der Waals surface area contributed by atoms with Gasteiger partial charge in [-0.15, -0.1) is 0 Å². The lowest BCUT2D eigenvalue weighted by Crippen LogP contribution is -2.26. The monoisotopic (exact) mass is 503 g/mol. The molecule has 1 heterocycles. The molecule has 1 N–H and O–H groups in total. The Balaban J connectivity index is 1.57.